The molecule has 0 aromatic carbocycles. The van der Waals surface area contributed by atoms with Crippen LogP contribution in [0.15, 0.2) is 12.4 Å². The van der Waals surface area contributed by atoms with Gasteiger partial charge in [-0.2, -0.15) is 0 Å². The fourth-order valence-electron chi connectivity index (χ4n) is 3.19. The van der Waals surface area contributed by atoms with Gasteiger partial charge in [-0.3, -0.25) is 4.79 Å². The van der Waals surface area contributed by atoms with Crippen molar-refractivity contribution in [3.63, 3.8) is 0 Å². The molecule has 26 heavy (non-hydrogen) atoms. The summed E-state index contributed by atoms with van der Waals surface area (Å²) >= 11 is 0. The van der Waals surface area contributed by atoms with Gasteiger partial charge in [0.2, 0.25) is 11.9 Å². The van der Waals surface area contributed by atoms with E-state index in [0.29, 0.717) is 32.0 Å². The van der Waals surface area contributed by atoms with E-state index in [2.05, 4.69) is 9.97 Å². The van der Waals surface area contributed by atoms with Crippen LogP contribution < -0.4 is 4.90 Å². The van der Waals surface area contributed by atoms with Crippen molar-refractivity contribution in [1.82, 2.24) is 14.9 Å². The van der Waals surface area contributed by atoms with Crippen LogP contribution in [0.4, 0.5) is 10.3 Å². The lowest BCUT2D eigenvalue weighted by Gasteiger charge is -2.41. The average Bonchev–Trinajstić information content (AvgIpc) is 2.58. The van der Waals surface area contributed by atoms with Gasteiger partial charge in [0.1, 0.15) is 0 Å². The lowest BCUT2D eigenvalue weighted by atomic mass is 9.90. The first kappa shape index (κ1) is 20.0. The molecule has 1 aromatic rings. The van der Waals surface area contributed by atoms with Crippen LogP contribution in [0.1, 0.15) is 27.2 Å². The number of rotatable bonds is 6. The molecule has 1 amide bonds. The Morgan fingerprint density at radius 3 is 2.42 bits per heavy atom. The third-order valence-electron chi connectivity index (χ3n) is 4.48. The number of piperazine rings is 1. The summed E-state index contributed by atoms with van der Waals surface area (Å²) in [5.74, 6) is -2.80. The van der Waals surface area contributed by atoms with Gasteiger partial charge in [0.25, 0.3) is 0 Å². The van der Waals surface area contributed by atoms with Crippen molar-refractivity contribution in [1.29, 1.82) is 0 Å². The number of hydrogen-bond acceptors (Lipinski definition) is 6. The van der Waals surface area contributed by atoms with Crippen molar-refractivity contribution < 1.29 is 24.2 Å². The molecule has 0 radical (unpaired) electrons. The lowest BCUT2D eigenvalue weighted by Crippen LogP contribution is -2.57. The summed E-state index contributed by atoms with van der Waals surface area (Å²) in [5, 5.41) is 19.1. The lowest BCUT2D eigenvalue weighted by molar-refractivity contribution is -0.158. The van der Waals surface area contributed by atoms with Gasteiger partial charge in [0.15, 0.2) is 11.9 Å². The number of carbonyl (C=O) groups is 2. The van der Waals surface area contributed by atoms with Gasteiger partial charge in [-0.15, -0.1) is 0 Å². The van der Waals surface area contributed by atoms with Crippen LogP contribution in [0.25, 0.3) is 0 Å². The summed E-state index contributed by atoms with van der Waals surface area (Å²) in [6.45, 7) is 6.83. The van der Waals surface area contributed by atoms with Gasteiger partial charge in [-0.05, 0) is 19.3 Å². The fraction of sp³-hybridized carbons (Fsp3) is 0.647. The minimum absolute atomic E-state index is 0.0714. The van der Waals surface area contributed by atoms with E-state index in [1.54, 1.807) is 4.90 Å². The van der Waals surface area contributed by atoms with Crippen LogP contribution in [0, 0.1) is 17.7 Å². The molecular weight excluding hydrogens is 343 g/mol. The largest absolute Gasteiger partial charge is 0.479 e. The first-order valence-corrected chi connectivity index (χ1v) is 8.64. The van der Waals surface area contributed by atoms with Crippen molar-refractivity contribution >= 4 is 17.8 Å². The van der Waals surface area contributed by atoms with Crippen LogP contribution in [0.2, 0.25) is 0 Å². The highest BCUT2D eigenvalue weighted by Crippen LogP contribution is 2.23. The van der Waals surface area contributed by atoms with Crippen molar-refractivity contribution in [2.75, 3.05) is 24.5 Å². The molecule has 144 valence electrons. The van der Waals surface area contributed by atoms with Crippen LogP contribution in [0.3, 0.4) is 0 Å². The summed E-state index contributed by atoms with van der Waals surface area (Å²) in [4.78, 5) is 35.4. The van der Waals surface area contributed by atoms with E-state index in [1.807, 2.05) is 25.7 Å². The molecule has 0 aliphatic carbocycles. The topological polar surface area (TPSA) is 107 Å². The monoisotopic (exact) mass is 368 g/mol. The highest BCUT2D eigenvalue weighted by Gasteiger charge is 2.38. The molecule has 0 bridgehead atoms. The number of aromatic nitrogens is 2. The number of carbonyl (C=O) groups excluding carboxylic acids is 1. The summed E-state index contributed by atoms with van der Waals surface area (Å²) in [7, 11) is 0. The van der Waals surface area contributed by atoms with E-state index in [4.69, 9.17) is 5.11 Å². The Morgan fingerprint density at radius 2 is 1.92 bits per heavy atom. The molecule has 2 rings (SSSR count). The highest BCUT2D eigenvalue weighted by atomic mass is 19.1. The number of aliphatic hydroxyl groups excluding tert-OH is 1. The van der Waals surface area contributed by atoms with Crippen LogP contribution in [-0.4, -0.2) is 68.7 Å². The minimum Gasteiger partial charge on any atom is -0.479 e. The minimum atomic E-state index is -1.73. The Balaban J connectivity index is 2.09. The van der Waals surface area contributed by atoms with E-state index >= 15 is 0 Å². The Morgan fingerprint density at radius 1 is 1.31 bits per heavy atom. The zero-order valence-electron chi connectivity index (χ0n) is 15.2. The molecular formula is C17H25FN4O4. The van der Waals surface area contributed by atoms with Gasteiger partial charge < -0.3 is 20.0 Å². The van der Waals surface area contributed by atoms with E-state index in [0.717, 1.165) is 12.4 Å². The molecule has 0 unspecified atom stereocenters. The molecule has 1 aliphatic rings. The summed E-state index contributed by atoms with van der Waals surface area (Å²) < 4.78 is 13.0. The zero-order valence-corrected chi connectivity index (χ0v) is 15.2. The van der Waals surface area contributed by atoms with Crippen LogP contribution in [-0.2, 0) is 9.59 Å². The number of carboxylic acids is 1. The summed E-state index contributed by atoms with van der Waals surface area (Å²) in [6, 6.07) is -0.222. The van der Waals surface area contributed by atoms with Crippen molar-refractivity contribution in [3.05, 3.63) is 18.2 Å². The molecule has 1 aromatic heterocycles. The predicted octanol–water partition coefficient (Wildman–Crippen LogP) is 0.761. The highest BCUT2D eigenvalue weighted by molar-refractivity contribution is 5.86. The van der Waals surface area contributed by atoms with Crippen LogP contribution >= 0.6 is 0 Å². The standard InChI is InChI=1S/C17H25FN4O4/c1-10(2)6-13(14(23)16(25)26)15(24)22-5-4-21(9-11(22)3)17-19-7-12(18)8-20-17/h7-8,10-11,13-14,23H,4-6,9H2,1-3H3,(H,25,26)/t11-,13+,14+/m1/s1. The van der Waals surface area contributed by atoms with Gasteiger partial charge in [-0.1, -0.05) is 13.8 Å². The second-order valence-electron chi connectivity index (χ2n) is 7.05. The average molecular weight is 368 g/mol. The number of aliphatic carboxylic acids is 1. The first-order chi connectivity index (χ1) is 12.2. The third kappa shape index (κ3) is 4.66. The molecule has 0 saturated carbocycles. The van der Waals surface area contributed by atoms with E-state index in [1.165, 1.54) is 0 Å². The van der Waals surface area contributed by atoms with Gasteiger partial charge in [0.05, 0.1) is 18.3 Å². The van der Waals surface area contributed by atoms with Crippen molar-refractivity contribution in [2.45, 2.75) is 39.3 Å². The Hall–Kier alpha value is -2.29. The maximum absolute atomic E-state index is 13.0. The number of amides is 1. The predicted molar refractivity (Wildman–Crippen MR) is 92.0 cm³/mol. The van der Waals surface area contributed by atoms with E-state index in [9.17, 15) is 19.1 Å². The fourth-order valence-corrected chi connectivity index (χ4v) is 3.19. The molecule has 1 saturated heterocycles. The number of nitrogens with zero attached hydrogens (tertiary/aromatic N) is 4. The second-order valence-corrected chi connectivity index (χ2v) is 7.05. The summed E-state index contributed by atoms with van der Waals surface area (Å²) in [5.41, 5.74) is 0. The molecule has 2 heterocycles. The van der Waals surface area contributed by atoms with E-state index < -0.39 is 23.8 Å². The molecule has 1 aliphatic heterocycles. The molecule has 0 spiro atoms. The first-order valence-electron chi connectivity index (χ1n) is 8.64. The Kier molecular flexibility index (Phi) is 6.47. The number of carboxylic acid groups (broad SMARTS) is 1. The Labute approximate surface area is 151 Å². The summed E-state index contributed by atoms with van der Waals surface area (Å²) in [6.07, 6.45) is 0.745. The number of anilines is 1. The van der Waals surface area contributed by atoms with Crippen molar-refractivity contribution in [2.24, 2.45) is 11.8 Å². The smallest absolute Gasteiger partial charge is 0.333 e. The molecule has 9 heteroatoms. The SMILES string of the molecule is CC(C)C[C@H](C(=O)N1CCN(c2ncc(F)cn2)C[C@H]1C)[C@H](O)C(=O)O. The van der Waals surface area contributed by atoms with Gasteiger partial charge in [-0.25, -0.2) is 19.2 Å². The molecule has 3 atom stereocenters. The quantitative estimate of drug-likeness (QED) is 0.763. The number of halogens is 1. The number of hydrogen-bond donors (Lipinski definition) is 2. The number of aliphatic hydroxyl groups is 1. The van der Waals surface area contributed by atoms with Crippen molar-refractivity contribution in [3.8, 4) is 0 Å². The zero-order chi connectivity index (χ0) is 19.4. The van der Waals surface area contributed by atoms with Crippen LogP contribution in [0.5, 0.6) is 0 Å². The van der Waals surface area contributed by atoms with Gasteiger partial charge >= 0.3 is 5.97 Å². The Bertz CT molecular complexity index is 640. The normalized spacial score (nSPS) is 20.2. The van der Waals surface area contributed by atoms with Gasteiger partial charge in [0, 0.05) is 25.7 Å². The maximum atomic E-state index is 13.0. The third-order valence-corrected chi connectivity index (χ3v) is 4.48. The second kappa shape index (κ2) is 8.39. The molecule has 1 fully saturated rings. The molecule has 8 nitrogen and oxygen atoms in total. The van der Waals surface area contributed by atoms with E-state index in [-0.39, 0.29) is 17.9 Å². The maximum Gasteiger partial charge on any atom is 0.333 e. The molecule has 2 N–H and O–H groups in total.